The van der Waals surface area contributed by atoms with Crippen molar-refractivity contribution < 1.29 is 0 Å². The van der Waals surface area contributed by atoms with Gasteiger partial charge in [-0.25, -0.2) is 0 Å². The molecule has 0 N–H and O–H groups in total. The molecule has 13 heavy (non-hydrogen) atoms. The zero-order valence-corrected chi connectivity index (χ0v) is 10.9. The fraction of sp³-hybridized carbons (Fsp3) is 1.00. The van der Waals surface area contributed by atoms with Gasteiger partial charge < -0.3 is 0 Å². The number of rotatable bonds is 8. The average Bonchev–Trinajstić information content (AvgIpc) is 2.16. The highest BCUT2D eigenvalue weighted by molar-refractivity contribution is 7.37. The van der Waals surface area contributed by atoms with Gasteiger partial charge in [0.15, 0.2) is 0 Å². The number of hydrogen-bond donors (Lipinski definition) is 0. The molecule has 0 aliphatic heterocycles. The van der Waals surface area contributed by atoms with E-state index in [2.05, 4.69) is 27.7 Å². The molecule has 2 atom stereocenters. The maximum atomic E-state index is 2.37. The minimum atomic E-state index is 0.955. The van der Waals surface area contributed by atoms with Gasteiger partial charge in [0, 0.05) is 0 Å². The van der Waals surface area contributed by atoms with Crippen molar-refractivity contribution in [3.05, 3.63) is 0 Å². The summed E-state index contributed by atoms with van der Waals surface area (Å²) in [4.78, 5) is 0. The van der Waals surface area contributed by atoms with Crippen molar-refractivity contribution in [2.24, 2.45) is 11.8 Å². The minimum Gasteiger partial charge on any atom is -0.122 e. The molecule has 0 aliphatic carbocycles. The summed E-state index contributed by atoms with van der Waals surface area (Å²) in [5, 5.41) is 0. The van der Waals surface area contributed by atoms with E-state index < -0.39 is 0 Å². The maximum Gasteiger partial charge on any atom is -0.0351 e. The first-order chi connectivity index (χ1) is 6.20. The van der Waals surface area contributed by atoms with E-state index in [9.17, 15) is 0 Å². The van der Waals surface area contributed by atoms with E-state index in [1.807, 2.05) is 0 Å². The van der Waals surface area contributed by atoms with Crippen molar-refractivity contribution in [1.82, 2.24) is 0 Å². The van der Waals surface area contributed by atoms with Crippen molar-refractivity contribution in [3.8, 4) is 0 Å². The maximum absolute atomic E-state index is 2.37. The van der Waals surface area contributed by atoms with Gasteiger partial charge in [0.05, 0.1) is 0 Å². The molecule has 0 saturated carbocycles. The summed E-state index contributed by atoms with van der Waals surface area (Å²) in [6, 6.07) is 0. The fourth-order valence-corrected chi connectivity index (χ4v) is 2.87. The van der Waals surface area contributed by atoms with Crippen molar-refractivity contribution in [2.75, 3.05) is 12.3 Å². The molecule has 1 heteroatoms. The Kier molecular flexibility index (Phi) is 9.30. The Morgan fingerprint density at radius 2 is 1.23 bits per heavy atom. The molecular formula is C12H27P. The quantitative estimate of drug-likeness (QED) is 0.400. The second-order valence-electron chi connectivity index (χ2n) is 4.35. The van der Waals surface area contributed by atoms with Gasteiger partial charge in [-0.2, -0.15) is 0 Å². The van der Waals surface area contributed by atoms with Gasteiger partial charge in [0.25, 0.3) is 0 Å². The van der Waals surface area contributed by atoms with Crippen LogP contribution in [-0.4, -0.2) is 12.3 Å². The third-order valence-electron chi connectivity index (χ3n) is 3.02. The average molecular weight is 202 g/mol. The Labute approximate surface area is 86.7 Å². The molecule has 0 aromatic carbocycles. The van der Waals surface area contributed by atoms with Crippen LogP contribution in [0, 0.1) is 11.8 Å². The van der Waals surface area contributed by atoms with Crippen LogP contribution < -0.4 is 0 Å². The lowest BCUT2D eigenvalue weighted by Gasteiger charge is -2.09. The largest absolute Gasteiger partial charge is 0.122 e. The summed E-state index contributed by atoms with van der Waals surface area (Å²) in [5.74, 6) is 1.91. The lowest BCUT2D eigenvalue weighted by atomic mass is 10.1. The van der Waals surface area contributed by atoms with Crippen LogP contribution in [-0.2, 0) is 0 Å². The van der Waals surface area contributed by atoms with Crippen molar-refractivity contribution in [3.63, 3.8) is 0 Å². The van der Waals surface area contributed by atoms with Crippen LogP contribution in [0.5, 0.6) is 0 Å². The molecule has 0 aromatic rings. The van der Waals surface area contributed by atoms with Gasteiger partial charge >= 0.3 is 0 Å². The summed E-state index contributed by atoms with van der Waals surface area (Å²) in [6.07, 6.45) is 8.58. The van der Waals surface area contributed by atoms with E-state index in [4.69, 9.17) is 0 Å². The molecule has 0 bridgehead atoms. The molecule has 0 spiro atoms. The summed E-state index contributed by atoms with van der Waals surface area (Å²) < 4.78 is 0. The van der Waals surface area contributed by atoms with Crippen LogP contribution in [0.1, 0.15) is 53.4 Å². The van der Waals surface area contributed by atoms with Gasteiger partial charge in [0.1, 0.15) is 0 Å². The first-order valence-corrected chi connectivity index (χ1v) is 7.32. The standard InChI is InChI=1S/C12H27P/c1-5-11(3)7-9-13-10-8-12(4)6-2/h11-13H,5-10H2,1-4H3. The molecular weight excluding hydrogens is 175 g/mol. The topological polar surface area (TPSA) is 0 Å². The molecule has 0 saturated heterocycles. The first-order valence-electron chi connectivity index (χ1n) is 5.91. The van der Waals surface area contributed by atoms with E-state index in [0.717, 1.165) is 11.8 Å². The van der Waals surface area contributed by atoms with Gasteiger partial charge in [-0.1, -0.05) is 40.5 Å². The van der Waals surface area contributed by atoms with Crippen LogP contribution >= 0.6 is 8.58 Å². The zero-order chi connectivity index (χ0) is 10.1. The Balaban J connectivity index is 3.08. The van der Waals surface area contributed by atoms with Crippen LogP contribution in [0.2, 0.25) is 0 Å². The molecule has 0 fully saturated rings. The molecule has 0 amide bonds. The molecule has 2 unspecified atom stereocenters. The van der Waals surface area contributed by atoms with Gasteiger partial charge in [0.2, 0.25) is 0 Å². The second kappa shape index (κ2) is 9.00. The van der Waals surface area contributed by atoms with E-state index >= 15 is 0 Å². The fourth-order valence-electron chi connectivity index (χ4n) is 1.23. The molecule has 80 valence electrons. The van der Waals surface area contributed by atoms with Gasteiger partial charge in [-0.15, -0.1) is 8.58 Å². The Morgan fingerprint density at radius 1 is 0.846 bits per heavy atom. The van der Waals surface area contributed by atoms with E-state index in [0.29, 0.717) is 0 Å². The third kappa shape index (κ3) is 8.75. The summed E-state index contributed by atoms with van der Waals surface area (Å²) in [6.45, 7) is 9.35. The van der Waals surface area contributed by atoms with Crippen LogP contribution in [0.3, 0.4) is 0 Å². The van der Waals surface area contributed by atoms with Crippen LogP contribution in [0.4, 0.5) is 0 Å². The smallest absolute Gasteiger partial charge is 0.0351 e. The van der Waals surface area contributed by atoms with Gasteiger partial charge in [-0.3, -0.25) is 0 Å². The lowest BCUT2D eigenvalue weighted by Crippen LogP contribution is -1.96. The Morgan fingerprint density at radius 3 is 1.54 bits per heavy atom. The summed E-state index contributed by atoms with van der Waals surface area (Å²) in [7, 11) is 1.22. The Bertz CT molecular complexity index is 89.3. The Hall–Kier alpha value is 0.430. The molecule has 0 rings (SSSR count). The predicted octanol–water partition coefficient (Wildman–Crippen LogP) is 4.54. The third-order valence-corrected chi connectivity index (χ3v) is 4.31. The SMILES string of the molecule is CCC(C)CCPCCC(C)CC. The summed E-state index contributed by atoms with van der Waals surface area (Å²) >= 11 is 0. The van der Waals surface area contributed by atoms with E-state index in [-0.39, 0.29) is 0 Å². The summed E-state index contributed by atoms with van der Waals surface area (Å²) in [5.41, 5.74) is 0. The molecule has 0 aliphatic rings. The van der Waals surface area contributed by atoms with E-state index in [1.54, 1.807) is 0 Å². The highest BCUT2D eigenvalue weighted by Crippen LogP contribution is 2.20. The van der Waals surface area contributed by atoms with Crippen molar-refractivity contribution in [2.45, 2.75) is 53.4 Å². The zero-order valence-electron chi connectivity index (χ0n) is 9.90. The normalized spacial score (nSPS) is 16.6. The van der Waals surface area contributed by atoms with E-state index in [1.165, 1.54) is 46.6 Å². The van der Waals surface area contributed by atoms with Crippen molar-refractivity contribution in [1.29, 1.82) is 0 Å². The predicted molar refractivity (Wildman–Crippen MR) is 66.2 cm³/mol. The van der Waals surface area contributed by atoms with Crippen LogP contribution in [0.25, 0.3) is 0 Å². The molecule has 0 heterocycles. The van der Waals surface area contributed by atoms with Crippen molar-refractivity contribution >= 4 is 8.58 Å². The highest BCUT2D eigenvalue weighted by atomic mass is 31.1. The molecule has 0 radical (unpaired) electrons. The first kappa shape index (κ1) is 13.4. The minimum absolute atomic E-state index is 0.955. The van der Waals surface area contributed by atoms with Gasteiger partial charge in [-0.05, 0) is 37.0 Å². The monoisotopic (exact) mass is 202 g/mol. The second-order valence-corrected chi connectivity index (χ2v) is 5.85. The molecule has 0 nitrogen and oxygen atoms in total. The lowest BCUT2D eigenvalue weighted by molar-refractivity contribution is 0.541. The van der Waals surface area contributed by atoms with Crippen LogP contribution in [0.15, 0.2) is 0 Å². The molecule has 0 aromatic heterocycles. The highest BCUT2D eigenvalue weighted by Gasteiger charge is 2.00. The number of hydrogen-bond acceptors (Lipinski definition) is 0.